The molecule has 7 heteroatoms. The summed E-state index contributed by atoms with van der Waals surface area (Å²) in [5.41, 5.74) is 3.53. The largest absolute Gasteiger partial charge is 0.351 e. The van der Waals surface area contributed by atoms with Crippen LogP contribution in [0, 0.1) is 20.8 Å². The van der Waals surface area contributed by atoms with Gasteiger partial charge in [0.25, 0.3) is 5.91 Å². The molecule has 2 heterocycles. The van der Waals surface area contributed by atoms with Gasteiger partial charge in [0.2, 0.25) is 0 Å². The average Bonchev–Trinajstić information content (AvgIpc) is 2.85. The second-order valence-electron chi connectivity index (χ2n) is 5.13. The van der Waals surface area contributed by atoms with E-state index in [1.807, 2.05) is 31.5 Å². The number of hydrogen-bond acceptors (Lipinski definition) is 3. The van der Waals surface area contributed by atoms with Crippen LogP contribution in [-0.4, -0.2) is 32.0 Å². The lowest BCUT2D eigenvalue weighted by Gasteiger charge is -2.07. The third kappa shape index (κ3) is 3.53. The van der Waals surface area contributed by atoms with Gasteiger partial charge in [-0.05, 0) is 49.2 Å². The molecule has 0 unspecified atom stereocenters. The first kappa shape index (κ1) is 15.8. The van der Waals surface area contributed by atoms with E-state index in [9.17, 15) is 4.79 Å². The first-order chi connectivity index (χ1) is 9.90. The minimum Gasteiger partial charge on any atom is -0.351 e. The Bertz CT molecular complexity index is 659. The number of halogens is 1. The smallest absolute Gasteiger partial charge is 0.270 e. The van der Waals surface area contributed by atoms with Crippen LogP contribution in [0.5, 0.6) is 0 Å². The molecule has 0 aliphatic heterocycles. The zero-order valence-corrected chi connectivity index (χ0v) is 14.4. The van der Waals surface area contributed by atoms with Crippen LogP contribution in [0.3, 0.4) is 0 Å². The van der Waals surface area contributed by atoms with Crippen LogP contribution in [-0.2, 0) is 13.6 Å². The fourth-order valence-electron chi connectivity index (χ4n) is 2.29. The van der Waals surface area contributed by atoms with E-state index in [1.165, 1.54) is 0 Å². The number of amides is 1. The quantitative estimate of drug-likeness (QED) is 0.837. The normalized spacial score (nSPS) is 10.9. The number of nitrogens with one attached hydrogen (secondary N) is 1. The predicted molar refractivity (Wildman–Crippen MR) is 84.3 cm³/mol. The van der Waals surface area contributed by atoms with Gasteiger partial charge < -0.3 is 5.32 Å². The van der Waals surface area contributed by atoms with Crippen molar-refractivity contribution in [2.75, 3.05) is 6.54 Å². The molecule has 0 aliphatic rings. The first-order valence-corrected chi connectivity index (χ1v) is 7.67. The third-order valence-electron chi connectivity index (χ3n) is 3.30. The van der Waals surface area contributed by atoms with Crippen LogP contribution < -0.4 is 5.32 Å². The second-order valence-corrected chi connectivity index (χ2v) is 5.92. The maximum absolute atomic E-state index is 12.2. The Morgan fingerprint density at radius 3 is 2.57 bits per heavy atom. The maximum Gasteiger partial charge on any atom is 0.270 e. The van der Waals surface area contributed by atoms with Crippen LogP contribution in [0.4, 0.5) is 0 Å². The lowest BCUT2D eigenvalue weighted by Crippen LogP contribution is -2.27. The predicted octanol–water partition coefficient (Wildman–Crippen LogP) is 2.12. The van der Waals surface area contributed by atoms with Gasteiger partial charge in [-0.25, -0.2) is 0 Å². The summed E-state index contributed by atoms with van der Waals surface area (Å²) in [5.74, 6) is -0.113. The van der Waals surface area contributed by atoms with Gasteiger partial charge in [-0.3, -0.25) is 14.2 Å². The summed E-state index contributed by atoms with van der Waals surface area (Å²) in [6.45, 7) is 7.28. The summed E-state index contributed by atoms with van der Waals surface area (Å²) in [6.07, 6.45) is 0.835. The van der Waals surface area contributed by atoms with E-state index in [2.05, 4.69) is 31.4 Å². The highest BCUT2D eigenvalue weighted by atomic mass is 79.9. The standard InChI is InChI=1S/C14H20BrN5O/c1-9-8-10(2)20(17-9)7-5-6-16-14(21)13-12(15)11(3)18-19(13)4/h8H,5-7H2,1-4H3,(H,16,21). The lowest BCUT2D eigenvalue weighted by atomic mass is 10.3. The zero-order valence-electron chi connectivity index (χ0n) is 12.8. The van der Waals surface area contributed by atoms with E-state index < -0.39 is 0 Å². The molecule has 0 fully saturated rings. The molecule has 0 saturated heterocycles. The van der Waals surface area contributed by atoms with Gasteiger partial charge >= 0.3 is 0 Å². The fourth-order valence-corrected chi connectivity index (χ4v) is 2.81. The topological polar surface area (TPSA) is 64.7 Å². The minimum atomic E-state index is -0.113. The Balaban J connectivity index is 1.86. The van der Waals surface area contributed by atoms with E-state index in [0.717, 1.165) is 34.5 Å². The summed E-state index contributed by atoms with van der Waals surface area (Å²) in [7, 11) is 1.77. The van der Waals surface area contributed by atoms with Crippen LogP contribution in [0.25, 0.3) is 0 Å². The van der Waals surface area contributed by atoms with Crippen LogP contribution in [0.2, 0.25) is 0 Å². The Hall–Kier alpha value is -1.63. The minimum absolute atomic E-state index is 0.113. The SMILES string of the molecule is Cc1cc(C)n(CCCNC(=O)c2c(Br)c(C)nn2C)n1. The molecule has 0 spiro atoms. The van der Waals surface area contributed by atoms with Crippen molar-refractivity contribution in [3.63, 3.8) is 0 Å². The molecule has 2 aromatic rings. The number of nitrogens with zero attached hydrogens (tertiary/aromatic N) is 4. The van der Waals surface area contributed by atoms with E-state index in [4.69, 9.17) is 0 Å². The average molecular weight is 354 g/mol. The highest BCUT2D eigenvalue weighted by Gasteiger charge is 2.17. The molecule has 2 aromatic heterocycles. The Labute approximate surface area is 132 Å². The lowest BCUT2D eigenvalue weighted by molar-refractivity contribution is 0.0942. The van der Waals surface area contributed by atoms with Crippen molar-refractivity contribution in [2.45, 2.75) is 33.7 Å². The third-order valence-corrected chi connectivity index (χ3v) is 4.25. The molecular formula is C14H20BrN5O. The van der Waals surface area contributed by atoms with Crippen LogP contribution in [0.1, 0.15) is 34.0 Å². The Morgan fingerprint density at radius 1 is 1.33 bits per heavy atom. The second kappa shape index (κ2) is 6.43. The van der Waals surface area contributed by atoms with Crippen molar-refractivity contribution in [3.8, 4) is 0 Å². The number of carbonyl (C=O) groups excluding carboxylic acids is 1. The Morgan fingerprint density at radius 2 is 2.05 bits per heavy atom. The van der Waals surface area contributed by atoms with Gasteiger partial charge in [0.15, 0.2) is 0 Å². The summed E-state index contributed by atoms with van der Waals surface area (Å²) in [4.78, 5) is 12.2. The molecule has 0 radical (unpaired) electrons. The van der Waals surface area contributed by atoms with Gasteiger partial charge in [-0.2, -0.15) is 10.2 Å². The van der Waals surface area contributed by atoms with Crippen molar-refractivity contribution >= 4 is 21.8 Å². The van der Waals surface area contributed by atoms with Crippen LogP contribution in [0.15, 0.2) is 10.5 Å². The van der Waals surface area contributed by atoms with E-state index in [-0.39, 0.29) is 5.91 Å². The molecule has 1 N–H and O–H groups in total. The molecule has 0 saturated carbocycles. The maximum atomic E-state index is 12.2. The molecule has 1 amide bonds. The number of hydrogen-bond donors (Lipinski definition) is 1. The van der Waals surface area contributed by atoms with Crippen LogP contribution >= 0.6 is 15.9 Å². The fraction of sp³-hybridized carbons (Fsp3) is 0.500. The van der Waals surface area contributed by atoms with Gasteiger partial charge in [0.1, 0.15) is 5.69 Å². The van der Waals surface area contributed by atoms with Crippen molar-refractivity contribution in [2.24, 2.45) is 7.05 Å². The molecule has 6 nitrogen and oxygen atoms in total. The number of rotatable bonds is 5. The molecule has 0 atom stereocenters. The molecule has 114 valence electrons. The molecular weight excluding hydrogens is 334 g/mol. The van der Waals surface area contributed by atoms with Crippen molar-refractivity contribution < 1.29 is 4.79 Å². The molecule has 0 bridgehead atoms. The van der Waals surface area contributed by atoms with Crippen molar-refractivity contribution in [1.29, 1.82) is 0 Å². The summed E-state index contributed by atoms with van der Waals surface area (Å²) in [6, 6.07) is 2.05. The first-order valence-electron chi connectivity index (χ1n) is 6.88. The Kier molecular flexibility index (Phi) is 4.82. The van der Waals surface area contributed by atoms with Gasteiger partial charge in [0, 0.05) is 25.8 Å². The number of aromatic nitrogens is 4. The number of aryl methyl sites for hydroxylation is 5. The van der Waals surface area contributed by atoms with Crippen molar-refractivity contribution in [1.82, 2.24) is 24.9 Å². The van der Waals surface area contributed by atoms with Gasteiger partial charge in [0.05, 0.1) is 15.9 Å². The van der Waals surface area contributed by atoms with E-state index in [0.29, 0.717) is 12.2 Å². The summed E-state index contributed by atoms with van der Waals surface area (Å²) < 4.78 is 4.31. The van der Waals surface area contributed by atoms with E-state index in [1.54, 1.807) is 11.7 Å². The zero-order chi connectivity index (χ0) is 15.6. The molecule has 0 aromatic carbocycles. The molecule has 0 aliphatic carbocycles. The highest BCUT2D eigenvalue weighted by Crippen LogP contribution is 2.19. The summed E-state index contributed by atoms with van der Waals surface area (Å²) >= 11 is 3.40. The molecule has 2 rings (SSSR count). The molecule has 21 heavy (non-hydrogen) atoms. The van der Waals surface area contributed by atoms with Gasteiger partial charge in [-0.15, -0.1) is 0 Å². The monoisotopic (exact) mass is 353 g/mol. The van der Waals surface area contributed by atoms with E-state index >= 15 is 0 Å². The van der Waals surface area contributed by atoms with Gasteiger partial charge in [-0.1, -0.05) is 0 Å². The summed E-state index contributed by atoms with van der Waals surface area (Å²) in [5, 5.41) is 11.5. The van der Waals surface area contributed by atoms with Crippen molar-refractivity contribution in [3.05, 3.63) is 33.3 Å². The highest BCUT2D eigenvalue weighted by molar-refractivity contribution is 9.10. The number of carbonyl (C=O) groups is 1.